The van der Waals surface area contributed by atoms with E-state index < -0.39 is 17.5 Å². The molecule has 5 heteroatoms. The van der Waals surface area contributed by atoms with Gasteiger partial charge in [-0.3, -0.25) is 9.59 Å². The van der Waals surface area contributed by atoms with Crippen molar-refractivity contribution in [1.82, 2.24) is 0 Å². The minimum Gasteiger partial charge on any atom is -0.501 e. The van der Waals surface area contributed by atoms with Crippen LogP contribution in [0.25, 0.3) is 0 Å². The molecule has 0 aromatic heterocycles. The first-order valence-corrected chi connectivity index (χ1v) is 12.1. The van der Waals surface area contributed by atoms with Crippen LogP contribution < -0.4 is 0 Å². The first-order chi connectivity index (χ1) is 14.8. The summed E-state index contributed by atoms with van der Waals surface area (Å²) in [6, 6.07) is 0. The van der Waals surface area contributed by atoms with Gasteiger partial charge in [0.05, 0.1) is 19.5 Å². The molecule has 2 saturated carbocycles. The van der Waals surface area contributed by atoms with Crippen LogP contribution in [0.15, 0.2) is 23.5 Å². The van der Waals surface area contributed by atoms with Crippen molar-refractivity contribution < 1.29 is 23.8 Å². The summed E-state index contributed by atoms with van der Waals surface area (Å²) in [5, 5.41) is 0. The lowest BCUT2D eigenvalue weighted by Gasteiger charge is -2.58. The van der Waals surface area contributed by atoms with Crippen LogP contribution in [-0.4, -0.2) is 31.3 Å². The summed E-state index contributed by atoms with van der Waals surface area (Å²) in [5.41, 5.74) is 1.11. The van der Waals surface area contributed by atoms with E-state index >= 15 is 0 Å². The molecule has 3 fully saturated rings. The molecule has 7 atom stereocenters. The fourth-order valence-electron chi connectivity index (χ4n) is 8.20. The molecule has 0 aromatic rings. The smallest absolute Gasteiger partial charge is 0.321 e. The zero-order valence-corrected chi connectivity index (χ0v) is 19.4. The fraction of sp³-hybridized carbons (Fsp3) is 0.769. The van der Waals surface area contributed by atoms with E-state index in [-0.39, 0.29) is 16.8 Å². The minimum absolute atomic E-state index is 0.0605. The third-order valence-corrected chi connectivity index (χ3v) is 9.97. The number of rotatable bonds is 3. The molecule has 1 heterocycles. The Morgan fingerprint density at radius 2 is 1.97 bits per heavy atom. The Morgan fingerprint density at radius 1 is 1.19 bits per heavy atom. The number of methoxy groups -OCH3 is 1. The lowest BCUT2D eigenvalue weighted by Crippen LogP contribution is -2.54. The molecule has 5 rings (SSSR count). The molecule has 0 N–H and O–H groups in total. The fourth-order valence-corrected chi connectivity index (χ4v) is 8.20. The number of esters is 2. The van der Waals surface area contributed by atoms with Crippen molar-refractivity contribution in [3.05, 3.63) is 23.5 Å². The van der Waals surface area contributed by atoms with E-state index in [1.165, 1.54) is 5.57 Å². The van der Waals surface area contributed by atoms with Gasteiger partial charge in [-0.15, -0.1) is 0 Å². The van der Waals surface area contributed by atoms with Crippen LogP contribution in [0.3, 0.4) is 0 Å². The van der Waals surface area contributed by atoms with E-state index in [2.05, 4.69) is 26.0 Å². The van der Waals surface area contributed by atoms with Gasteiger partial charge in [-0.1, -0.05) is 19.9 Å². The van der Waals surface area contributed by atoms with Crippen molar-refractivity contribution in [1.29, 1.82) is 0 Å². The number of allylic oxidation sites excluding steroid dienone is 4. The van der Waals surface area contributed by atoms with E-state index in [9.17, 15) is 9.59 Å². The molecule has 5 aliphatic rings. The number of ether oxygens (including phenoxy) is 3. The number of carbonyl (C=O) groups excluding carboxylic acids is 2. The van der Waals surface area contributed by atoms with Crippen molar-refractivity contribution >= 4 is 11.9 Å². The summed E-state index contributed by atoms with van der Waals surface area (Å²) >= 11 is 0. The summed E-state index contributed by atoms with van der Waals surface area (Å²) < 4.78 is 16.9. The van der Waals surface area contributed by atoms with Gasteiger partial charge in [-0.2, -0.15) is 0 Å². The highest BCUT2D eigenvalue weighted by Gasteiger charge is 2.69. The van der Waals surface area contributed by atoms with Crippen LogP contribution in [0.2, 0.25) is 0 Å². The van der Waals surface area contributed by atoms with Crippen LogP contribution in [0.5, 0.6) is 0 Å². The van der Waals surface area contributed by atoms with Crippen LogP contribution in [0, 0.1) is 34.5 Å². The van der Waals surface area contributed by atoms with Gasteiger partial charge in [0.15, 0.2) is 5.92 Å². The number of hydrogen-bond acceptors (Lipinski definition) is 5. The van der Waals surface area contributed by atoms with Gasteiger partial charge in [0.25, 0.3) is 0 Å². The summed E-state index contributed by atoms with van der Waals surface area (Å²) in [6.07, 6.45) is 12.7. The Balaban J connectivity index is 1.43. The summed E-state index contributed by atoms with van der Waals surface area (Å²) in [5.74, 6) is 1.38. The van der Waals surface area contributed by atoms with Crippen molar-refractivity contribution in [2.45, 2.75) is 77.7 Å². The molecule has 4 aliphatic carbocycles. The Labute approximate surface area is 185 Å². The van der Waals surface area contributed by atoms with Crippen molar-refractivity contribution in [3.8, 4) is 0 Å². The molecule has 0 unspecified atom stereocenters. The number of fused-ring (bicyclic) bond motifs is 6. The summed E-state index contributed by atoms with van der Waals surface area (Å²) in [7, 11) is 1.77. The van der Waals surface area contributed by atoms with Crippen LogP contribution in [0.1, 0.15) is 72.1 Å². The largest absolute Gasteiger partial charge is 0.501 e. The predicted octanol–water partition coefficient (Wildman–Crippen LogP) is 4.95. The molecule has 5 nitrogen and oxygen atoms in total. The van der Waals surface area contributed by atoms with Gasteiger partial charge < -0.3 is 14.2 Å². The van der Waals surface area contributed by atoms with Crippen molar-refractivity contribution in [3.63, 3.8) is 0 Å². The molecule has 0 amide bonds. The maximum atomic E-state index is 12.7. The lowest BCUT2D eigenvalue weighted by molar-refractivity contribution is -0.169. The molecule has 31 heavy (non-hydrogen) atoms. The number of carbonyl (C=O) groups is 2. The van der Waals surface area contributed by atoms with Gasteiger partial charge in [0.2, 0.25) is 0 Å². The van der Waals surface area contributed by atoms with Crippen molar-refractivity contribution in [2.75, 3.05) is 13.7 Å². The topological polar surface area (TPSA) is 61.8 Å². The molecular formula is C26H36O5. The Kier molecular flexibility index (Phi) is 4.84. The van der Waals surface area contributed by atoms with Gasteiger partial charge in [0, 0.05) is 18.3 Å². The van der Waals surface area contributed by atoms with Gasteiger partial charge in [-0.25, -0.2) is 0 Å². The standard InChI is InChI=1S/C26H36O5/c1-5-30-22(27)19-15-26(31-23(19)28)13-10-21-18-7-6-16-14-17(29-4)8-11-24(16,2)20(18)9-12-25(21,26)3/h6,14,18-21H,5,7-13,15H2,1-4H3/t18-,19+,20+,21-,24-,25-,26+/m0/s1. The molecule has 1 spiro atoms. The average molecular weight is 429 g/mol. The molecular weight excluding hydrogens is 392 g/mol. The molecule has 1 aliphatic heterocycles. The Hall–Kier alpha value is -1.78. The molecule has 0 bridgehead atoms. The zero-order valence-electron chi connectivity index (χ0n) is 19.4. The Bertz CT molecular complexity index is 858. The third kappa shape index (κ3) is 2.80. The molecule has 1 saturated heterocycles. The highest BCUT2D eigenvalue weighted by atomic mass is 16.6. The molecule has 0 radical (unpaired) electrons. The molecule has 0 aromatic carbocycles. The van der Waals surface area contributed by atoms with Gasteiger partial charge in [-0.05, 0) is 80.3 Å². The molecule has 170 valence electrons. The van der Waals surface area contributed by atoms with E-state index in [0.29, 0.717) is 30.8 Å². The van der Waals surface area contributed by atoms with E-state index in [4.69, 9.17) is 14.2 Å². The lowest BCUT2D eigenvalue weighted by atomic mass is 9.47. The predicted molar refractivity (Wildman–Crippen MR) is 116 cm³/mol. The second kappa shape index (κ2) is 7.11. The monoisotopic (exact) mass is 428 g/mol. The highest BCUT2D eigenvalue weighted by Crippen LogP contribution is 2.69. The quantitative estimate of drug-likeness (QED) is 0.470. The first kappa shape index (κ1) is 21.1. The zero-order chi connectivity index (χ0) is 22.0. The minimum atomic E-state index is -0.750. The normalized spacial score (nSPS) is 45.7. The van der Waals surface area contributed by atoms with Crippen LogP contribution in [0.4, 0.5) is 0 Å². The SMILES string of the molecule is CCOC(=O)[C@H]1C[C@@]2(CC[C@H]3[C@H]4CC=C5C=C(OC)CC[C@]5(C)[C@@H]4CC[C@@]32C)OC1=O. The van der Waals surface area contributed by atoms with Gasteiger partial charge in [0.1, 0.15) is 5.60 Å². The second-order valence-corrected chi connectivity index (χ2v) is 10.9. The van der Waals surface area contributed by atoms with Gasteiger partial charge >= 0.3 is 11.9 Å². The maximum Gasteiger partial charge on any atom is 0.321 e. The number of hydrogen-bond donors (Lipinski definition) is 0. The average Bonchev–Trinajstić information content (AvgIpc) is 3.24. The van der Waals surface area contributed by atoms with E-state index in [1.807, 2.05) is 0 Å². The highest BCUT2D eigenvalue weighted by molar-refractivity contribution is 5.96. The van der Waals surface area contributed by atoms with Crippen LogP contribution >= 0.6 is 0 Å². The Morgan fingerprint density at radius 3 is 2.71 bits per heavy atom. The second-order valence-electron chi connectivity index (χ2n) is 10.9. The summed E-state index contributed by atoms with van der Waals surface area (Å²) in [4.78, 5) is 25.1. The summed E-state index contributed by atoms with van der Waals surface area (Å²) in [6.45, 7) is 6.88. The first-order valence-electron chi connectivity index (χ1n) is 12.1. The van der Waals surface area contributed by atoms with Crippen molar-refractivity contribution in [2.24, 2.45) is 34.5 Å². The third-order valence-electron chi connectivity index (χ3n) is 9.97. The van der Waals surface area contributed by atoms with E-state index in [0.717, 1.165) is 50.7 Å². The van der Waals surface area contributed by atoms with Crippen LogP contribution in [-0.2, 0) is 23.8 Å². The van der Waals surface area contributed by atoms with E-state index in [1.54, 1.807) is 14.0 Å². The maximum absolute atomic E-state index is 12.7.